The Morgan fingerprint density at radius 3 is 2.61 bits per heavy atom. The van der Waals surface area contributed by atoms with Crippen LogP contribution in [0, 0.1) is 5.82 Å². The maximum Gasteiger partial charge on any atom is 0.342 e. The second-order valence-corrected chi connectivity index (χ2v) is 5.26. The molecule has 0 unspecified atom stereocenters. The Hall–Kier alpha value is -2.31. The number of esters is 1. The number of phenols is 1. The number of halogens is 3. The maximum atomic E-state index is 13.0. The summed E-state index contributed by atoms with van der Waals surface area (Å²) in [5, 5.41) is 12.0. The molecule has 0 bridgehead atoms. The molecule has 23 heavy (non-hydrogen) atoms. The molecule has 2 rings (SSSR count). The molecular formula is C15H10Cl2FNO4. The van der Waals surface area contributed by atoms with Gasteiger partial charge in [-0.3, -0.25) is 4.79 Å². The third-order valence-electron chi connectivity index (χ3n) is 2.72. The molecule has 5 nitrogen and oxygen atoms in total. The summed E-state index contributed by atoms with van der Waals surface area (Å²) in [6, 6.07) is 7.48. The van der Waals surface area contributed by atoms with Gasteiger partial charge >= 0.3 is 5.97 Å². The number of phenolic OH excluding ortho intramolecular Hbond substituents is 1. The summed E-state index contributed by atoms with van der Waals surface area (Å²) in [4.78, 5) is 23.5. The maximum absolute atomic E-state index is 13.0. The van der Waals surface area contributed by atoms with E-state index in [9.17, 15) is 19.1 Å². The van der Waals surface area contributed by atoms with Crippen LogP contribution in [0.3, 0.4) is 0 Å². The number of rotatable bonds is 4. The van der Waals surface area contributed by atoms with E-state index in [4.69, 9.17) is 27.9 Å². The minimum absolute atomic E-state index is 0.149. The molecule has 2 aromatic carbocycles. The monoisotopic (exact) mass is 357 g/mol. The van der Waals surface area contributed by atoms with Crippen molar-refractivity contribution < 1.29 is 23.8 Å². The van der Waals surface area contributed by atoms with Crippen molar-refractivity contribution in [2.75, 3.05) is 11.9 Å². The van der Waals surface area contributed by atoms with E-state index >= 15 is 0 Å². The van der Waals surface area contributed by atoms with E-state index in [-0.39, 0.29) is 27.0 Å². The summed E-state index contributed by atoms with van der Waals surface area (Å²) in [6.45, 7) is -0.597. The van der Waals surface area contributed by atoms with Crippen molar-refractivity contribution in [2.45, 2.75) is 0 Å². The SMILES string of the molecule is O=C(COC(=O)c1cc(Cl)ccc1O)Nc1ccc(F)c(Cl)c1. The lowest BCUT2D eigenvalue weighted by Gasteiger charge is -2.08. The lowest BCUT2D eigenvalue weighted by atomic mass is 10.2. The normalized spacial score (nSPS) is 10.2. The standard InChI is InChI=1S/C15H10Cl2FNO4/c16-8-1-4-13(20)10(5-8)15(22)23-7-14(21)19-9-2-3-12(18)11(17)6-9/h1-6,20H,7H2,(H,19,21). The summed E-state index contributed by atoms with van der Waals surface area (Å²) in [7, 11) is 0. The highest BCUT2D eigenvalue weighted by atomic mass is 35.5. The van der Waals surface area contributed by atoms with Crippen LogP contribution in [0.4, 0.5) is 10.1 Å². The second-order valence-electron chi connectivity index (χ2n) is 4.41. The second kappa shape index (κ2) is 7.30. The van der Waals surface area contributed by atoms with Crippen molar-refractivity contribution in [2.24, 2.45) is 0 Å². The summed E-state index contributed by atoms with van der Waals surface area (Å²) >= 11 is 11.3. The van der Waals surface area contributed by atoms with Gasteiger partial charge in [0.05, 0.1) is 5.02 Å². The number of nitrogens with one attached hydrogen (secondary N) is 1. The number of amides is 1. The predicted molar refractivity (Wildman–Crippen MR) is 83.4 cm³/mol. The lowest BCUT2D eigenvalue weighted by Crippen LogP contribution is -2.21. The average Bonchev–Trinajstić information content (AvgIpc) is 2.51. The van der Waals surface area contributed by atoms with E-state index in [2.05, 4.69) is 5.32 Å². The lowest BCUT2D eigenvalue weighted by molar-refractivity contribution is -0.119. The van der Waals surface area contributed by atoms with Gasteiger partial charge in [-0.1, -0.05) is 23.2 Å². The van der Waals surface area contributed by atoms with Gasteiger partial charge in [-0.15, -0.1) is 0 Å². The Balaban J connectivity index is 1.94. The molecule has 0 fully saturated rings. The van der Waals surface area contributed by atoms with Crippen LogP contribution in [0.2, 0.25) is 10.0 Å². The molecule has 0 atom stereocenters. The van der Waals surface area contributed by atoms with Crippen molar-refractivity contribution in [3.05, 3.63) is 57.8 Å². The van der Waals surface area contributed by atoms with Gasteiger partial charge < -0.3 is 15.2 Å². The van der Waals surface area contributed by atoms with Crippen molar-refractivity contribution in [1.29, 1.82) is 0 Å². The number of ether oxygens (including phenoxy) is 1. The summed E-state index contributed by atoms with van der Waals surface area (Å²) in [6.07, 6.45) is 0. The zero-order valence-electron chi connectivity index (χ0n) is 11.5. The van der Waals surface area contributed by atoms with E-state index < -0.39 is 24.3 Å². The van der Waals surface area contributed by atoms with Gasteiger partial charge in [0.1, 0.15) is 17.1 Å². The van der Waals surface area contributed by atoms with Gasteiger partial charge in [0.2, 0.25) is 0 Å². The molecule has 0 aliphatic rings. The van der Waals surface area contributed by atoms with E-state index in [1.807, 2.05) is 0 Å². The predicted octanol–water partition coefficient (Wildman–Crippen LogP) is 3.63. The number of benzene rings is 2. The van der Waals surface area contributed by atoms with Crippen LogP contribution in [-0.4, -0.2) is 23.6 Å². The molecule has 2 N–H and O–H groups in total. The van der Waals surface area contributed by atoms with Crippen LogP contribution in [0.1, 0.15) is 10.4 Å². The third-order valence-corrected chi connectivity index (χ3v) is 3.24. The fourth-order valence-corrected chi connectivity index (χ4v) is 2.00. The Kier molecular flexibility index (Phi) is 5.41. The first-order valence-electron chi connectivity index (χ1n) is 6.27. The van der Waals surface area contributed by atoms with E-state index in [0.717, 1.165) is 6.07 Å². The number of carbonyl (C=O) groups is 2. The Bertz CT molecular complexity index is 767. The number of carbonyl (C=O) groups excluding carboxylic acids is 2. The van der Waals surface area contributed by atoms with Gasteiger partial charge in [0.15, 0.2) is 6.61 Å². The Morgan fingerprint density at radius 1 is 1.17 bits per heavy atom. The summed E-state index contributed by atoms with van der Waals surface area (Å²) < 4.78 is 17.8. The van der Waals surface area contributed by atoms with Crippen LogP contribution >= 0.6 is 23.2 Å². The highest BCUT2D eigenvalue weighted by Crippen LogP contribution is 2.22. The van der Waals surface area contributed by atoms with Crippen LogP contribution < -0.4 is 5.32 Å². The average molecular weight is 358 g/mol. The molecule has 1 amide bonds. The van der Waals surface area contributed by atoms with Gasteiger partial charge in [0, 0.05) is 10.7 Å². The Labute approximate surface area is 140 Å². The molecule has 2 aromatic rings. The summed E-state index contributed by atoms with van der Waals surface area (Å²) in [5.41, 5.74) is 0.0955. The van der Waals surface area contributed by atoms with Crippen molar-refractivity contribution in [1.82, 2.24) is 0 Å². The quantitative estimate of drug-likeness (QED) is 0.819. The smallest absolute Gasteiger partial charge is 0.342 e. The molecule has 0 aromatic heterocycles. The van der Waals surface area contributed by atoms with Gasteiger partial charge in [-0.2, -0.15) is 0 Å². The van der Waals surface area contributed by atoms with E-state index in [1.165, 1.54) is 30.3 Å². The first-order chi connectivity index (χ1) is 10.9. The fraction of sp³-hybridized carbons (Fsp3) is 0.0667. The zero-order valence-corrected chi connectivity index (χ0v) is 13.0. The number of hydrogen-bond donors (Lipinski definition) is 2. The van der Waals surface area contributed by atoms with Crippen LogP contribution in [0.5, 0.6) is 5.75 Å². The molecule has 0 saturated heterocycles. The fourth-order valence-electron chi connectivity index (χ4n) is 1.65. The van der Waals surface area contributed by atoms with E-state index in [0.29, 0.717) is 0 Å². The van der Waals surface area contributed by atoms with Crippen molar-refractivity contribution >= 4 is 40.8 Å². The molecule has 0 aliphatic heterocycles. The van der Waals surface area contributed by atoms with Crippen LogP contribution in [0.15, 0.2) is 36.4 Å². The minimum atomic E-state index is -0.905. The van der Waals surface area contributed by atoms with Crippen molar-refractivity contribution in [3.63, 3.8) is 0 Å². The highest BCUT2D eigenvalue weighted by molar-refractivity contribution is 6.31. The molecule has 0 radical (unpaired) electrons. The molecule has 0 saturated carbocycles. The molecular weight excluding hydrogens is 348 g/mol. The Morgan fingerprint density at radius 2 is 1.91 bits per heavy atom. The zero-order chi connectivity index (χ0) is 17.0. The van der Waals surface area contributed by atoms with Gasteiger partial charge in [-0.25, -0.2) is 9.18 Å². The number of aromatic hydroxyl groups is 1. The van der Waals surface area contributed by atoms with Gasteiger partial charge in [-0.05, 0) is 36.4 Å². The van der Waals surface area contributed by atoms with Crippen LogP contribution in [-0.2, 0) is 9.53 Å². The summed E-state index contributed by atoms with van der Waals surface area (Å²) in [5.74, 6) is -2.49. The number of hydrogen-bond acceptors (Lipinski definition) is 4. The minimum Gasteiger partial charge on any atom is -0.507 e. The number of anilines is 1. The molecule has 0 spiro atoms. The first-order valence-corrected chi connectivity index (χ1v) is 7.03. The molecule has 0 aliphatic carbocycles. The molecule has 0 heterocycles. The largest absolute Gasteiger partial charge is 0.507 e. The molecule has 120 valence electrons. The van der Waals surface area contributed by atoms with Gasteiger partial charge in [0.25, 0.3) is 5.91 Å². The highest BCUT2D eigenvalue weighted by Gasteiger charge is 2.15. The first kappa shape index (κ1) is 17.1. The topological polar surface area (TPSA) is 75.6 Å². The molecule has 8 heteroatoms. The third kappa shape index (κ3) is 4.58. The van der Waals surface area contributed by atoms with Crippen LogP contribution in [0.25, 0.3) is 0 Å². The van der Waals surface area contributed by atoms with Crippen molar-refractivity contribution in [3.8, 4) is 5.75 Å². The van der Waals surface area contributed by atoms with E-state index in [1.54, 1.807) is 0 Å².